The van der Waals surface area contributed by atoms with Crippen LogP contribution in [0.25, 0.3) is 0 Å². The van der Waals surface area contributed by atoms with Gasteiger partial charge in [-0.15, -0.1) is 0 Å². The van der Waals surface area contributed by atoms with Gasteiger partial charge in [0.05, 0.1) is 11.7 Å². The smallest absolute Gasteiger partial charge is 0.241 e. The highest BCUT2D eigenvalue weighted by molar-refractivity contribution is 5.94. The minimum absolute atomic E-state index is 0.224. The third kappa shape index (κ3) is 3.02. The molecule has 0 radical (unpaired) electrons. The average molecular weight is 210 g/mol. The van der Waals surface area contributed by atoms with E-state index in [1.54, 1.807) is 26.1 Å². The standard InChI is InChI=1S/C11H15FN2O/c1-7-4-5-9(12)10(6-7)14-11(15)8(2)13-3/h4-6,8,13H,1-3H3,(H,14,15). The van der Waals surface area contributed by atoms with Crippen LogP contribution in [0.3, 0.4) is 0 Å². The molecule has 0 spiro atoms. The van der Waals surface area contributed by atoms with Crippen molar-refractivity contribution < 1.29 is 9.18 Å². The fraction of sp³-hybridized carbons (Fsp3) is 0.364. The van der Waals surface area contributed by atoms with E-state index in [1.807, 2.05) is 6.92 Å². The number of aryl methyl sites for hydroxylation is 1. The summed E-state index contributed by atoms with van der Waals surface area (Å²) in [6.45, 7) is 3.56. The molecule has 1 amide bonds. The number of carbonyl (C=O) groups is 1. The molecule has 0 saturated carbocycles. The number of amides is 1. The summed E-state index contributed by atoms with van der Waals surface area (Å²) in [5.41, 5.74) is 1.13. The van der Waals surface area contributed by atoms with Crippen LogP contribution in [0.2, 0.25) is 0 Å². The first-order valence-electron chi connectivity index (χ1n) is 4.79. The van der Waals surface area contributed by atoms with Crippen LogP contribution in [0, 0.1) is 12.7 Å². The van der Waals surface area contributed by atoms with Gasteiger partial charge >= 0.3 is 0 Å². The summed E-state index contributed by atoms with van der Waals surface area (Å²) in [6.07, 6.45) is 0. The van der Waals surface area contributed by atoms with Crippen LogP contribution < -0.4 is 10.6 Å². The molecular weight excluding hydrogens is 195 g/mol. The van der Waals surface area contributed by atoms with Crippen molar-refractivity contribution in [3.05, 3.63) is 29.6 Å². The van der Waals surface area contributed by atoms with E-state index in [4.69, 9.17) is 0 Å². The van der Waals surface area contributed by atoms with Crippen molar-refractivity contribution >= 4 is 11.6 Å². The largest absolute Gasteiger partial charge is 0.322 e. The lowest BCUT2D eigenvalue weighted by Crippen LogP contribution is -2.35. The molecule has 0 aliphatic carbocycles. The summed E-state index contributed by atoms with van der Waals surface area (Å²) in [6, 6.07) is 4.27. The van der Waals surface area contributed by atoms with Gasteiger partial charge in [0.25, 0.3) is 0 Å². The third-order valence-electron chi connectivity index (χ3n) is 2.21. The predicted octanol–water partition coefficient (Wildman–Crippen LogP) is 1.68. The van der Waals surface area contributed by atoms with Gasteiger partial charge in [-0.3, -0.25) is 4.79 Å². The fourth-order valence-corrected chi connectivity index (χ4v) is 1.11. The van der Waals surface area contributed by atoms with E-state index in [0.717, 1.165) is 5.56 Å². The van der Waals surface area contributed by atoms with Crippen LogP contribution in [0.15, 0.2) is 18.2 Å². The fourth-order valence-electron chi connectivity index (χ4n) is 1.11. The SMILES string of the molecule is CNC(C)C(=O)Nc1cc(C)ccc1F. The molecule has 0 aromatic heterocycles. The van der Waals surface area contributed by atoms with Crippen molar-refractivity contribution in [1.82, 2.24) is 5.32 Å². The van der Waals surface area contributed by atoms with Crippen molar-refractivity contribution in [3.8, 4) is 0 Å². The topological polar surface area (TPSA) is 41.1 Å². The van der Waals surface area contributed by atoms with Crippen LogP contribution in [0.1, 0.15) is 12.5 Å². The van der Waals surface area contributed by atoms with Gasteiger partial charge in [-0.1, -0.05) is 6.07 Å². The second-order valence-corrected chi connectivity index (χ2v) is 3.48. The van der Waals surface area contributed by atoms with Crippen molar-refractivity contribution in [2.45, 2.75) is 19.9 Å². The van der Waals surface area contributed by atoms with E-state index < -0.39 is 5.82 Å². The van der Waals surface area contributed by atoms with Gasteiger partial charge in [0.2, 0.25) is 5.91 Å². The van der Waals surface area contributed by atoms with Gasteiger partial charge in [-0.05, 0) is 38.6 Å². The quantitative estimate of drug-likeness (QED) is 0.797. The van der Waals surface area contributed by atoms with E-state index in [9.17, 15) is 9.18 Å². The molecule has 0 aliphatic rings. The number of carbonyl (C=O) groups excluding carboxylic acids is 1. The molecule has 2 N–H and O–H groups in total. The first-order chi connectivity index (χ1) is 7.04. The van der Waals surface area contributed by atoms with E-state index in [1.165, 1.54) is 6.07 Å². The molecular formula is C11H15FN2O. The third-order valence-corrected chi connectivity index (χ3v) is 2.21. The number of hydrogen-bond donors (Lipinski definition) is 2. The summed E-state index contributed by atoms with van der Waals surface area (Å²) in [5.74, 6) is -0.667. The summed E-state index contributed by atoms with van der Waals surface area (Å²) in [7, 11) is 1.68. The number of benzene rings is 1. The van der Waals surface area contributed by atoms with E-state index in [-0.39, 0.29) is 17.6 Å². The number of rotatable bonds is 3. The predicted molar refractivity (Wildman–Crippen MR) is 58.3 cm³/mol. The number of anilines is 1. The molecule has 0 fully saturated rings. The summed E-state index contributed by atoms with van der Waals surface area (Å²) in [5, 5.41) is 5.31. The van der Waals surface area contributed by atoms with E-state index in [0.29, 0.717) is 0 Å². The molecule has 82 valence electrons. The first-order valence-corrected chi connectivity index (χ1v) is 4.79. The Kier molecular flexibility index (Phi) is 3.80. The second kappa shape index (κ2) is 4.89. The number of likely N-dealkylation sites (N-methyl/N-ethyl adjacent to an activating group) is 1. The Balaban J connectivity index is 2.80. The monoisotopic (exact) mass is 210 g/mol. The molecule has 1 atom stereocenters. The highest BCUT2D eigenvalue weighted by atomic mass is 19.1. The Hall–Kier alpha value is -1.42. The normalized spacial score (nSPS) is 12.3. The molecule has 0 saturated heterocycles. The first kappa shape index (κ1) is 11.7. The lowest BCUT2D eigenvalue weighted by Gasteiger charge is -2.11. The number of nitrogens with one attached hydrogen (secondary N) is 2. The molecule has 0 aliphatic heterocycles. The highest BCUT2D eigenvalue weighted by Gasteiger charge is 2.12. The highest BCUT2D eigenvalue weighted by Crippen LogP contribution is 2.15. The molecule has 1 unspecified atom stereocenters. The Bertz CT molecular complexity index is 366. The summed E-state index contributed by atoms with van der Waals surface area (Å²) < 4.78 is 13.3. The maximum atomic E-state index is 13.3. The zero-order chi connectivity index (χ0) is 11.4. The number of hydrogen-bond acceptors (Lipinski definition) is 2. The Morgan fingerprint density at radius 2 is 2.13 bits per heavy atom. The van der Waals surface area contributed by atoms with Crippen LogP contribution >= 0.6 is 0 Å². The van der Waals surface area contributed by atoms with Gasteiger partial charge in [-0.25, -0.2) is 4.39 Å². The number of halogens is 1. The molecule has 15 heavy (non-hydrogen) atoms. The summed E-state index contributed by atoms with van der Waals surface area (Å²) >= 11 is 0. The van der Waals surface area contributed by atoms with Crippen molar-refractivity contribution in [3.63, 3.8) is 0 Å². The lowest BCUT2D eigenvalue weighted by molar-refractivity contribution is -0.117. The Labute approximate surface area is 88.7 Å². The maximum Gasteiger partial charge on any atom is 0.241 e. The molecule has 1 aromatic rings. The van der Waals surface area contributed by atoms with Crippen LogP contribution in [0.4, 0.5) is 10.1 Å². The average Bonchev–Trinajstić information content (AvgIpc) is 2.22. The zero-order valence-corrected chi connectivity index (χ0v) is 9.10. The van der Waals surface area contributed by atoms with E-state index in [2.05, 4.69) is 10.6 Å². The van der Waals surface area contributed by atoms with Gasteiger partial charge in [0, 0.05) is 0 Å². The molecule has 1 rings (SSSR count). The minimum Gasteiger partial charge on any atom is -0.322 e. The van der Waals surface area contributed by atoms with Gasteiger partial charge in [0.15, 0.2) is 0 Å². The molecule has 0 heterocycles. The molecule has 4 heteroatoms. The van der Waals surface area contributed by atoms with Crippen LogP contribution in [0.5, 0.6) is 0 Å². The van der Waals surface area contributed by atoms with E-state index >= 15 is 0 Å². The maximum absolute atomic E-state index is 13.3. The Morgan fingerprint density at radius 1 is 1.47 bits per heavy atom. The lowest BCUT2D eigenvalue weighted by atomic mass is 10.2. The van der Waals surface area contributed by atoms with Crippen molar-refractivity contribution in [2.24, 2.45) is 0 Å². The van der Waals surface area contributed by atoms with Crippen molar-refractivity contribution in [1.29, 1.82) is 0 Å². The van der Waals surface area contributed by atoms with Gasteiger partial charge in [-0.2, -0.15) is 0 Å². The molecule has 1 aromatic carbocycles. The molecule has 3 nitrogen and oxygen atoms in total. The van der Waals surface area contributed by atoms with Crippen LogP contribution in [-0.4, -0.2) is 19.0 Å². The van der Waals surface area contributed by atoms with Crippen LogP contribution in [-0.2, 0) is 4.79 Å². The second-order valence-electron chi connectivity index (χ2n) is 3.48. The van der Waals surface area contributed by atoms with Crippen molar-refractivity contribution in [2.75, 3.05) is 12.4 Å². The van der Waals surface area contributed by atoms with Gasteiger partial charge < -0.3 is 10.6 Å². The minimum atomic E-state index is -0.419. The Morgan fingerprint density at radius 3 is 2.73 bits per heavy atom. The molecule has 0 bridgehead atoms. The summed E-state index contributed by atoms with van der Waals surface area (Å²) in [4.78, 5) is 11.5. The van der Waals surface area contributed by atoms with Gasteiger partial charge in [0.1, 0.15) is 5.82 Å². The zero-order valence-electron chi connectivity index (χ0n) is 9.10.